The van der Waals surface area contributed by atoms with Crippen molar-refractivity contribution in [2.24, 2.45) is 0 Å². The zero-order valence-corrected chi connectivity index (χ0v) is 14.9. The van der Waals surface area contributed by atoms with Crippen LogP contribution in [0.2, 0.25) is 0 Å². The number of rotatable bonds is 6. The van der Waals surface area contributed by atoms with E-state index in [4.69, 9.17) is 9.26 Å². The first kappa shape index (κ1) is 16.4. The lowest BCUT2D eigenvalue weighted by Crippen LogP contribution is -1.86. The molecule has 7 heteroatoms. The summed E-state index contributed by atoms with van der Waals surface area (Å²) in [7, 11) is 1.63. The second-order valence-electron chi connectivity index (χ2n) is 5.50. The first-order valence-electron chi connectivity index (χ1n) is 8.02. The van der Waals surface area contributed by atoms with Crippen molar-refractivity contribution in [3.63, 3.8) is 0 Å². The second kappa shape index (κ2) is 7.45. The fourth-order valence-electron chi connectivity index (χ4n) is 2.46. The minimum atomic E-state index is 0.540. The Bertz CT molecular complexity index is 997. The van der Waals surface area contributed by atoms with Gasteiger partial charge in [-0.05, 0) is 17.7 Å². The highest BCUT2D eigenvalue weighted by Crippen LogP contribution is 2.25. The monoisotopic (exact) mass is 364 g/mol. The molecule has 0 spiro atoms. The first-order chi connectivity index (χ1) is 12.8. The number of imidazole rings is 1. The molecule has 4 rings (SSSR count). The summed E-state index contributed by atoms with van der Waals surface area (Å²) >= 11 is 1.52. The smallest absolute Gasteiger partial charge is 0.237 e. The normalized spacial score (nSPS) is 10.8. The zero-order valence-electron chi connectivity index (χ0n) is 14.0. The Labute approximate surface area is 154 Å². The van der Waals surface area contributed by atoms with Gasteiger partial charge in [-0.15, -0.1) is 0 Å². The molecular formula is C19H16N4O2S. The van der Waals surface area contributed by atoms with Crippen LogP contribution in [-0.2, 0) is 5.75 Å². The van der Waals surface area contributed by atoms with Crippen molar-refractivity contribution in [2.75, 3.05) is 7.11 Å². The Morgan fingerprint density at radius 2 is 1.92 bits per heavy atom. The summed E-state index contributed by atoms with van der Waals surface area (Å²) in [5.74, 6) is 2.39. The van der Waals surface area contributed by atoms with Crippen LogP contribution < -0.4 is 4.74 Å². The summed E-state index contributed by atoms with van der Waals surface area (Å²) in [5.41, 5.74) is 2.94. The van der Waals surface area contributed by atoms with Crippen molar-refractivity contribution in [1.29, 1.82) is 0 Å². The van der Waals surface area contributed by atoms with Gasteiger partial charge in [0.2, 0.25) is 11.7 Å². The molecule has 1 N–H and O–H groups in total. The van der Waals surface area contributed by atoms with Gasteiger partial charge in [0.1, 0.15) is 5.75 Å². The molecule has 2 aromatic carbocycles. The largest absolute Gasteiger partial charge is 0.497 e. The Kier molecular flexibility index (Phi) is 4.70. The predicted molar refractivity (Wildman–Crippen MR) is 99.9 cm³/mol. The predicted octanol–water partition coefficient (Wildman–Crippen LogP) is 4.43. The third-order valence-electron chi connectivity index (χ3n) is 3.77. The Hall–Kier alpha value is -3.06. The summed E-state index contributed by atoms with van der Waals surface area (Å²) in [6, 6.07) is 17.6. The van der Waals surface area contributed by atoms with Gasteiger partial charge in [-0.1, -0.05) is 59.4 Å². The first-order valence-corrected chi connectivity index (χ1v) is 9.00. The molecule has 2 aromatic heterocycles. The molecule has 0 amide bonds. The molecule has 0 bridgehead atoms. The van der Waals surface area contributed by atoms with E-state index in [0.29, 0.717) is 17.5 Å². The van der Waals surface area contributed by atoms with E-state index in [0.717, 1.165) is 27.7 Å². The Balaban J connectivity index is 1.43. The molecule has 2 heterocycles. The van der Waals surface area contributed by atoms with E-state index in [-0.39, 0.29) is 0 Å². The number of hydrogen-bond donors (Lipinski definition) is 1. The standard InChI is InChI=1S/C19H16N4O2S/c1-24-15-9-5-8-14(10-15)18-22-17(25-23-18)12-26-19-20-11-16(21-19)13-6-3-2-4-7-13/h2-11H,12H2,1H3,(H,20,21). The van der Waals surface area contributed by atoms with Crippen molar-refractivity contribution in [1.82, 2.24) is 20.1 Å². The van der Waals surface area contributed by atoms with Crippen LogP contribution in [0.5, 0.6) is 5.75 Å². The molecule has 0 aliphatic rings. The molecule has 0 aliphatic heterocycles. The molecule has 0 fully saturated rings. The van der Waals surface area contributed by atoms with E-state index in [9.17, 15) is 0 Å². The van der Waals surface area contributed by atoms with Gasteiger partial charge in [0.05, 0.1) is 24.8 Å². The minimum Gasteiger partial charge on any atom is -0.497 e. The number of nitrogens with one attached hydrogen (secondary N) is 1. The number of aromatic amines is 1. The van der Waals surface area contributed by atoms with E-state index >= 15 is 0 Å². The molecule has 0 radical (unpaired) electrons. The van der Waals surface area contributed by atoms with E-state index in [2.05, 4.69) is 20.1 Å². The third-order valence-corrected chi connectivity index (χ3v) is 4.64. The van der Waals surface area contributed by atoms with Crippen molar-refractivity contribution in [2.45, 2.75) is 10.9 Å². The van der Waals surface area contributed by atoms with Gasteiger partial charge < -0.3 is 14.2 Å². The summed E-state index contributed by atoms with van der Waals surface area (Å²) in [6.07, 6.45) is 1.83. The fraction of sp³-hybridized carbons (Fsp3) is 0.105. The fourth-order valence-corrected chi connectivity index (χ4v) is 3.15. The lowest BCUT2D eigenvalue weighted by atomic mass is 10.2. The van der Waals surface area contributed by atoms with Gasteiger partial charge in [0.15, 0.2) is 5.16 Å². The van der Waals surface area contributed by atoms with Gasteiger partial charge in [-0.25, -0.2) is 4.98 Å². The number of nitrogens with zero attached hydrogens (tertiary/aromatic N) is 3. The summed E-state index contributed by atoms with van der Waals surface area (Å²) in [4.78, 5) is 12.1. The summed E-state index contributed by atoms with van der Waals surface area (Å²) in [5, 5.41) is 4.85. The number of H-pyrrole nitrogens is 1. The number of benzene rings is 2. The highest BCUT2D eigenvalue weighted by atomic mass is 32.2. The quantitative estimate of drug-likeness (QED) is 0.510. The SMILES string of the molecule is COc1cccc(-c2noc(CSc3ncc(-c4ccccc4)[nH]3)n2)c1. The zero-order chi connectivity index (χ0) is 17.8. The van der Waals surface area contributed by atoms with Gasteiger partial charge in [0, 0.05) is 5.56 Å². The lowest BCUT2D eigenvalue weighted by Gasteiger charge is -1.99. The second-order valence-corrected chi connectivity index (χ2v) is 6.46. The number of aromatic nitrogens is 4. The van der Waals surface area contributed by atoms with Crippen LogP contribution in [0.1, 0.15) is 5.89 Å². The Morgan fingerprint density at radius 1 is 1.08 bits per heavy atom. The molecule has 0 saturated heterocycles. The molecule has 130 valence electrons. The van der Waals surface area contributed by atoms with Crippen molar-refractivity contribution in [3.8, 4) is 28.4 Å². The summed E-state index contributed by atoms with van der Waals surface area (Å²) in [6.45, 7) is 0. The van der Waals surface area contributed by atoms with Crippen molar-refractivity contribution in [3.05, 3.63) is 66.7 Å². The molecule has 4 aromatic rings. The lowest BCUT2D eigenvalue weighted by molar-refractivity contribution is 0.391. The van der Waals surface area contributed by atoms with Gasteiger partial charge in [-0.3, -0.25) is 0 Å². The van der Waals surface area contributed by atoms with E-state index in [1.807, 2.05) is 60.8 Å². The van der Waals surface area contributed by atoms with Crippen LogP contribution in [-0.4, -0.2) is 27.2 Å². The van der Waals surface area contributed by atoms with Gasteiger partial charge >= 0.3 is 0 Å². The number of ether oxygens (including phenoxy) is 1. The minimum absolute atomic E-state index is 0.540. The summed E-state index contributed by atoms with van der Waals surface area (Å²) < 4.78 is 10.6. The maximum absolute atomic E-state index is 5.34. The molecule has 6 nitrogen and oxygen atoms in total. The number of thioether (sulfide) groups is 1. The van der Waals surface area contributed by atoms with Crippen LogP contribution >= 0.6 is 11.8 Å². The third kappa shape index (κ3) is 3.62. The number of hydrogen-bond acceptors (Lipinski definition) is 6. The van der Waals surface area contributed by atoms with Gasteiger partial charge in [0.25, 0.3) is 0 Å². The average molecular weight is 364 g/mol. The molecule has 0 saturated carbocycles. The maximum atomic E-state index is 5.34. The van der Waals surface area contributed by atoms with Crippen LogP contribution in [0.25, 0.3) is 22.6 Å². The maximum Gasteiger partial charge on any atom is 0.237 e. The topological polar surface area (TPSA) is 76.8 Å². The van der Waals surface area contributed by atoms with E-state index in [1.54, 1.807) is 7.11 Å². The molecule has 0 atom stereocenters. The van der Waals surface area contributed by atoms with E-state index < -0.39 is 0 Å². The molecule has 0 aliphatic carbocycles. The molecular weight excluding hydrogens is 348 g/mol. The van der Waals surface area contributed by atoms with Crippen molar-refractivity contribution >= 4 is 11.8 Å². The van der Waals surface area contributed by atoms with Crippen molar-refractivity contribution < 1.29 is 9.26 Å². The molecule has 0 unspecified atom stereocenters. The van der Waals surface area contributed by atoms with E-state index in [1.165, 1.54) is 11.8 Å². The highest BCUT2D eigenvalue weighted by Gasteiger charge is 2.11. The van der Waals surface area contributed by atoms with Crippen LogP contribution in [0.3, 0.4) is 0 Å². The Morgan fingerprint density at radius 3 is 2.77 bits per heavy atom. The average Bonchev–Trinajstić information content (AvgIpc) is 3.37. The van der Waals surface area contributed by atoms with Crippen LogP contribution in [0, 0.1) is 0 Å². The van der Waals surface area contributed by atoms with Crippen LogP contribution in [0.4, 0.5) is 0 Å². The van der Waals surface area contributed by atoms with Crippen LogP contribution in [0.15, 0.2) is 70.5 Å². The highest BCUT2D eigenvalue weighted by molar-refractivity contribution is 7.98. The number of methoxy groups -OCH3 is 1. The van der Waals surface area contributed by atoms with Gasteiger partial charge in [-0.2, -0.15) is 4.98 Å². The molecule has 26 heavy (non-hydrogen) atoms.